The third-order valence-corrected chi connectivity index (χ3v) is 1.99. The Kier molecular flexibility index (Phi) is 3.00. The van der Waals surface area contributed by atoms with Crippen molar-refractivity contribution >= 4 is 11.5 Å². The number of rotatable bonds is 3. The summed E-state index contributed by atoms with van der Waals surface area (Å²) in [7, 11) is 0. The van der Waals surface area contributed by atoms with Crippen LogP contribution in [-0.4, -0.2) is 14.9 Å². The molecule has 0 spiro atoms. The first-order chi connectivity index (χ1) is 8.56. The zero-order valence-electron chi connectivity index (χ0n) is 8.91. The van der Waals surface area contributed by atoms with Gasteiger partial charge in [0.05, 0.1) is 17.3 Å². The van der Waals surface area contributed by atoms with Gasteiger partial charge in [-0.3, -0.25) is 10.1 Å². The van der Waals surface area contributed by atoms with Gasteiger partial charge in [-0.2, -0.15) is 4.39 Å². The molecule has 7 nitrogen and oxygen atoms in total. The Balaban J connectivity index is 2.22. The van der Waals surface area contributed by atoms with Gasteiger partial charge in [-0.15, -0.1) is 0 Å². The molecule has 92 valence electrons. The van der Waals surface area contributed by atoms with Gasteiger partial charge in [0, 0.05) is 12.1 Å². The van der Waals surface area contributed by atoms with Crippen LogP contribution in [0.4, 0.5) is 15.9 Å². The lowest BCUT2D eigenvalue weighted by atomic mass is 10.3. The number of halogens is 1. The number of ether oxygens (including phenoxy) is 1. The summed E-state index contributed by atoms with van der Waals surface area (Å²) in [5, 5.41) is 10.4. The number of nitro benzene ring substituents is 1. The topological polar surface area (TPSA) is 104 Å². The Morgan fingerprint density at radius 2 is 2.11 bits per heavy atom. The van der Waals surface area contributed by atoms with Crippen LogP contribution >= 0.6 is 0 Å². The summed E-state index contributed by atoms with van der Waals surface area (Å²) in [6, 6.07) is 3.17. The number of hydrogen-bond acceptors (Lipinski definition) is 6. The fourth-order valence-corrected chi connectivity index (χ4v) is 1.20. The summed E-state index contributed by atoms with van der Waals surface area (Å²) in [5.74, 6) is -0.576. The zero-order chi connectivity index (χ0) is 13.1. The van der Waals surface area contributed by atoms with Crippen molar-refractivity contribution in [3.8, 4) is 11.6 Å². The molecule has 8 heteroatoms. The van der Waals surface area contributed by atoms with Crippen LogP contribution in [0.5, 0.6) is 11.6 Å². The quantitative estimate of drug-likeness (QED) is 0.658. The predicted molar refractivity (Wildman–Crippen MR) is 59.6 cm³/mol. The Hall–Kier alpha value is -2.77. The molecule has 2 rings (SSSR count). The van der Waals surface area contributed by atoms with Crippen LogP contribution in [0.3, 0.4) is 0 Å². The second-order valence-corrected chi connectivity index (χ2v) is 3.25. The Labute approximate surface area is 100 Å². The average Bonchev–Trinajstić information content (AvgIpc) is 2.32. The van der Waals surface area contributed by atoms with Crippen molar-refractivity contribution in [2.45, 2.75) is 0 Å². The maximum atomic E-state index is 13.3. The number of benzene rings is 1. The Morgan fingerprint density at radius 3 is 2.67 bits per heavy atom. The number of anilines is 1. The van der Waals surface area contributed by atoms with Crippen molar-refractivity contribution in [2.24, 2.45) is 0 Å². The van der Waals surface area contributed by atoms with Gasteiger partial charge in [-0.25, -0.2) is 9.97 Å². The van der Waals surface area contributed by atoms with E-state index >= 15 is 0 Å². The highest BCUT2D eigenvalue weighted by molar-refractivity contribution is 5.39. The number of hydrogen-bond donors (Lipinski definition) is 1. The van der Waals surface area contributed by atoms with Crippen molar-refractivity contribution in [3.05, 3.63) is 46.5 Å². The van der Waals surface area contributed by atoms with E-state index in [0.717, 1.165) is 12.1 Å². The summed E-state index contributed by atoms with van der Waals surface area (Å²) in [6.07, 6.45) is 2.53. The van der Waals surface area contributed by atoms with Crippen LogP contribution in [0.2, 0.25) is 0 Å². The Morgan fingerprint density at radius 1 is 1.33 bits per heavy atom. The number of nitro groups is 1. The van der Waals surface area contributed by atoms with Crippen LogP contribution in [0.1, 0.15) is 0 Å². The van der Waals surface area contributed by atoms with Crippen LogP contribution in [0.25, 0.3) is 0 Å². The molecule has 0 fully saturated rings. The third-order valence-electron chi connectivity index (χ3n) is 1.99. The minimum absolute atomic E-state index is 0.0807. The smallest absolute Gasteiger partial charge is 0.305 e. The van der Waals surface area contributed by atoms with Crippen LogP contribution in [-0.2, 0) is 0 Å². The normalized spacial score (nSPS) is 10.1. The van der Waals surface area contributed by atoms with E-state index in [2.05, 4.69) is 9.97 Å². The van der Waals surface area contributed by atoms with Crippen LogP contribution in [0.15, 0.2) is 30.6 Å². The third kappa shape index (κ3) is 2.48. The monoisotopic (exact) mass is 250 g/mol. The first kappa shape index (κ1) is 11.7. The van der Waals surface area contributed by atoms with Gasteiger partial charge in [-0.05, 0) is 6.07 Å². The lowest BCUT2D eigenvalue weighted by Gasteiger charge is -2.04. The number of nitrogens with two attached hydrogens (primary N) is 1. The first-order valence-electron chi connectivity index (χ1n) is 4.75. The van der Waals surface area contributed by atoms with Crippen molar-refractivity contribution < 1.29 is 14.1 Å². The molecule has 1 aromatic heterocycles. The van der Waals surface area contributed by atoms with E-state index in [1.807, 2.05) is 0 Å². The number of nitrogens with zero attached hydrogens (tertiary/aromatic N) is 3. The summed E-state index contributed by atoms with van der Waals surface area (Å²) in [5.41, 5.74) is 4.71. The highest BCUT2D eigenvalue weighted by atomic mass is 19.1. The Bertz CT molecular complexity index is 588. The summed E-state index contributed by atoms with van der Waals surface area (Å²) in [4.78, 5) is 17.1. The van der Waals surface area contributed by atoms with Gasteiger partial charge in [0.1, 0.15) is 11.6 Å². The SMILES string of the molecule is Nc1cnc(Oc2ccc([N+](=O)[O-])c(F)c2)cn1. The summed E-state index contributed by atoms with van der Waals surface area (Å²) < 4.78 is 18.4. The molecule has 0 unspecified atom stereocenters. The molecule has 0 radical (unpaired) electrons. The molecule has 0 bridgehead atoms. The molecule has 0 atom stereocenters. The first-order valence-corrected chi connectivity index (χ1v) is 4.75. The maximum absolute atomic E-state index is 13.3. The fraction of sp³-hybridized carbons (Fsp3) is 0. The summed E-state index contributed by atoms with van der Waals surface area (Å²) >= 11 is 0. The highest BCUT2D eigenvalue weighted by Gasteiger charge is 2.14. The van der Waals surface area contributed by atoms with Crippen molar-refractivity contribution in [3.63, 3.8) is 0 Å². The zero-order valence-corrected chi connectivity index (χ0v) is 8.91. The minimum atomic E-state index is -0.985. The second-order valence-electron chi connectivity index (χ2n) is 3.25. The number of aromatic nitrogens is 2. The van der Waals surface area contributed by atoms with Gasteiger partial charge in [0.15, 0.2) is 0 Å². The second kappa shape index (κ2) is 4.62. The molecular formula is C10H7FN4O3. The lowest BCUT2D eigenvalue weighted by molar-refractivity contribution is -0.387. The van der Waals surface area contributed by atoms with Gasteiger partial charge in [-0.1, -0.05) is 0 Å². The van der Waals surface area contributed by atoms with E-state index in [0.29, 0.717) is 0 Å². The molecular weight excluding hydrogens is 243 g/mol. The van der Waals surface area contributed by atoms with Crippen molar-refractivity contribution in [1.82, 2.24) is 9.97 Å². The van der Waals surface area contributed by atoms with Crippen LogP contribution in [0, 0.1) is 15.9 Å². The van der Waals surface area contributed by atoms with Crippen molar-refractivity contribution in [1.29, 1.82) is 0 Å². The van der Waals surface area contributed by atoms with Gasteiger partial charge < -0.3 is 10.5 Å². The van der Waals surface area contributed by atoms with Crippen molar-refractivity contribution in [2.75, 3.05) is 5.73 Å². The van der Waals surface area contributed by atoms with E-state index in [1.54, 1.807) is 0 Å². The number of nitrogen functional groups attached to an aromatic ring is 1. The average molecular weight is 250 g/mol. The van der Waals surface area contributed by atoms with Crippen LogP contribution < -0.4 is 10.5 Å². The standard InChI is InChI=1S/C10H7FN4O3/c11-7-3-6(1-2-8(7)15(16)17)18-10-5-13-9(12)4-14-10/h1-5H,(H2,12,13). The molecule has 1 heterocycles. The molecule has 2 aromatic rings. The van der Waals surface area contributed by atoms with Gasteiger partial charge >= 0.3 is 5.69 Å². The molecule has 0 saturated heterocycles. The molecule has 2 N–H and O–H groups in total. The summed E-state index contributed by atoms with van der Waals surface area (Å²) in [6.45, 7) is 0. The predicted octanol–water partition coefficient (Wildman–Crippen LogP) is 1.90. The molecule has 0 aliphatic carbocycles. The highest BCUT2D eigenvalue weighted by Crippen LogP contribution is 2.25. The van der Waals surface area contributed by atoms with E-state index < -0.39 is 16.4 Å². The van der Waals surface area contributed by atoms with Gasteiger partial charge in [0.2, 0.25) is 11.7 Å². The fourth-order valence-electron chi connectivity index (χ4n) is 1.20. The molecule has 0 saturated carbocycles. The minimum Gasteiger partial charge on any atom is -0.437 e. The molecule has 18 heavy (non-hydrogen) atoms. The van der Waals surface area contributed by atoms with E-state index in [4.69, 9.17) is 10.5 Å². The molecule has 0 amide bonds. The van der Waals surface area contributed by atoms with E-state index in [-0.39, 0.29) is 17.4 Å². The van der Waals surface area contributed by atoms with E-state index in [9.17, 15) is 14.5 Å². The maximum Gasteiger partial charge on any atom is 0.305 e. The lowest BCUT2D eigenvalue weighted by Crippen LogP contribution is -1.95. The van der Waals surface area contributed by atoms with Gasteiger partial charge in [0.25, 0.3) is 0 Å². The van der Waals surface area contributed by atoms with E-state index in [1.165, 1.54) is 18.5 Å². The largest absolute Gasteiger partial charge is 0.437 e. The molecule has 0 aliphatic rings. The molecule has 0 aliphatic heterocycles. The molecule has 1 aromatic carbocycles.